The molecule has 0 spiro atoms. The number of ether oxygens (including phenoxy) is 1. The van der Waals surface area contributed by atoms with Gasteiger partial charge in [0.25, 0.3) is 0 Å². The summed E-state index contributed by atoms with van der Waals surface area (Å²) in [7, 11) is 0. The Balaban J connectivity index is 1.55. The Morgan fingerprint density at radius 1 is 1.13 bits per heavy atom. The third kappa shape index (κ3) is 2.96. The summed E-state index contributed by atoms with van der Waals surface area (Å²) in [6.07, 6.45) is 2.85. The minimum absolute atomic E-state index is 0.618. The Morgan fingerprint density at radius 2 is 2.00 bits per heavy atom. The summed E-state index contributed by atoms with van der Waals surface area (Å²) in [6.45, 7) is 2.50. The molecule has 0 bridgehead atoms. The smallest absolute Gasteiger partial charge is 0.152 e. The molecule has 1 aliphatic rings. The summed E-state index contributed by atoms with van der Waals surface area (Å²) in [5.74, 6) is 0.930. The summed E-state index contributed by atoms with van der Waals surface area (Å²) < 4.78 is 7.11. The average Bonchev–Trinajstić information content (AvgIpc) is 2.61. The summed E-state index contributed by atoms with van der Waals surface area (Å²) >= 11 is 3.66. The molecule has 0 saturated carbocycles. The van der Waals surface area contributed by atoms with Crippen molar-refractivity contribution in [1.82, 2.24) is 9.88 Å². The number of hydrogen-bond donors (Lipinski definition) is 0. The number of aromatic nitrogens is 1. The van der Waals surface area contributed by atoms with Crippen LogP contribution in [0.1, 0.15) is 11.1 Å². The quantitative estimate of drug-likeness (QED) is 0.685. The van der Waals surface area contributed by atoms with E-state index in [1.165, 1.54) is 11.1 Å². The van der Waals surface area contributed by atoms with Crippen molar-refractivity contribution in [2.24, 2.45) is 0 Å². The molecule has 0 fully saturated rings. The molecule has 0 aliphatic carbocycles. The summed E-state index contributed by atoms with van der Waals surface area (Å²) in [5.41, 5.74) is 3.50. The van der Waals surface area contributed by atoms with Gasteiger partial charge in [-0.05, 0) is 24.1 Å². The number of pyridine rings is 1. The van der Waals surface area contributed by atoms with Gasteiger partial charge in [-0.2, -0.15) is 0 Å². The van der Waals surface area contributed by atoms with Crippen molar-refractivity contribution in [3.8, 4) is 5.75 Å². The van der Waals surface area contributed by atoms with E-state index in [1.54, 1.807) is 0 Å². The molecule has 0 amide bonds. The second kappa shape index (κ2) is 6.30. The molecule has 3 nitrogen and oxygen atoms in total. The van der Waals surface area contributed by atoms with Gasteiger partial charge >= 0.3 is 0 Å². The van der Waals surface area contributed by atoms with Gasteiger partial charge in [-0.3, -0.25) is 9.88 Å². The van der Waals surface area contributed by atoms with E-state index in [-0.39, 0.29) is 0 Å². The van der Waals surface area contributed by atoms with Crippen molar-refractivity contribution in [3.63, 3.8) is 0 Å². The highest BCUT2D eigenvalue weighted by Gasteiger charge is 2.21. The predicted molar refractivity (Wildman–Crippen MR) is 95.5 cm³/mol. The second-order valence-electron chi connectivity index (χ2n) is 5.81. The van der Waals surface area contributed by atoms with Crippen molar-refractivity contribution in [1.29, 1.82) is 0 Å². The lowest BCUT2D eigenvalue weighted by Crippen LogP contribution is -2.33. The first-order chi connectivity index (χ1) is 11.3. The molecule has 0 N–H and O–H groups in total. The maximum absolute atomic E-state index is 6.04. The zero-order valence-electron chi connectivity index (χ0n) is 12.7. The molecule has 0 radical (unpaired) electrons. The number of fused-ring (bicyclic) bond motifs is 3. The number of nitrogens with zero attached hydrogens (tertiary/aromatic N) is 2. The molecule has 4 heteroatoms. The van der Waals surface area contributed by atoms with Gasteiger partial charge < -0.3 is 4.74 Å². The van der Waals surface area contributed by atoms with Gasteiger partial charge in [-0.15, -0.1) is 0 Å². The molecule has 1 aliphatic heterocycles. The zero-order valence-corrected chi connectivity index (χ0v) is 14.3. The van der Waals surface area contributed by atoms with Gasteiger partial charge in [-0.1, -0.05) is 52.3 Å². The maximum Gasteiger partial charge on any atom is 0.152 e. The normalized spacial score (nSPS) is 14.5. The molecule has 2 heterocycles. The van der Waals surface area contributed by atoms with Crippen LogP contribution < -0.4 is 4.74 Å². The van der Waals surface area contributed by atoms with Crippen LogP contribution >= 0.6 is 15.9 Å². The molecule has 116 valence electrons. The fraction of sp³-hybridized carbons (Fsp3) is 0.211. The van der Waals surface area contributed by atoms with Crippen molar-refractivity contribution < 1.29 is 4.74 Å². The lowest BCUT2D eigenvalue weighted by atomic mass is 10.1. The predicted octanol–water partition coefficient (Wildman–Crippen LogP) is 4.39. The Bertz CT molecular complexity index is 835. The van der Waals surface area contributed by atoms with Gasteiger partial charge in [0, 0.05) is 34.7 Å². The first kappa shape index (κ1) is 14.7. The molecule has 0 saturated heterocycles. The SMILES string of the molecule is Brc1cc2c(c3ncccc13)OCN(CCc1ccccc1)C2. The average molecular weight is 369 g/mol. The van der Waals surface area contributed by atoms with Gasteiger partial charge in [0.05, 0.1) is 0 Å². The zero-order chi connectivity index (χ0) is 15.6. The van der Waals surface area contributed by atoms with Crippen molar-refractivity contribution >= 4 is 26.8 Å². The highest BCUT2D eigenvalue weighted by Crippen LogP contribution is 2.36. The number of rotatable bonds is 3. The van der Waals surface area contributed by atoms with Crippen LogP contribution in [0.3, 0.4) is 0 Å². The van der Waals surface area contributed by atoms with Crippen LogP contribution in [0.25, 0.3) is 10.9 Å². The van der Waals surface area contributed by atoms with Crippen LogP contribution in [0.15, 0.2) is 59.2 Å². The van der Waals surface area contributed by atoms with Gasteiger partial charge in [0.1, 0.15) is 12.2 Å². The van der Waals surface area contributed by atoms with E-state index in [2.05, 4.69) is 68.3 Å². The molecule has 3 aromatic rings. The molecular formula is C19H17BrN2O. The Morgan fingerprint density at radius 3 is 2.87 bits per heavy atom. The number of halogens is 1. The van der Waals surface area contributed by atoms with E-state index in [4.69, 9.17) is 4.74 Å². The van der Waals surface area contributed by atoms with E-state index in [0.29, 0.717) is 6.73 Å². The topological polar surface area (TPSA) is 25.4 Å². The van der Waals surface area contributed by atoms with Gasteiger partial charge in [-0.25, -0.2) is 0 Å². The van der Waals surface area contributed by atoms with Crippen LogP contribution in [0.5, 0.6) is 5.75 Å². The van der Waals surface area contributed by atoms with Gasteiger partial charge in [0.2, 0.25) is 0 Å². The summed E-state index contributed by atoms with van der Waals surface area (Å²) in [6, 6.07) is 16.8. The Kier molecular flexibility index (Phi) is 4.02. The molecule has 23 heavy (non-hydrogen) atoms. The van der Waals surface area contributed by atoms with E-state index in [1.807, 2.05) is 12.3 Å². The molecule has 4 rings (SSSR count). The minimum Gasteiger partial charge on any atom is -0.475 e. The monoisotopic (exact) mass is 368 g/mol. The first-order valence-electron chi connectivity index (χ1n) is 7.76. The van der Waals surface area contributed by atoms with E-state index >= 15 is 0 Å². The van der Waals surface area contributed by atoms with E-state index in [0.717, 1.165) is 40.6 Å². The molecular weight excluding hydrogens is 352 g/mol. The van der Waals surface area contributed by atoms with E-state index in [9.17, 15) is 0 Å². The fourth-order valence-corrected chi connectivity index (χ4v) is 3.62. The van der Waals surface area contributed by atoms with Crippen molar-refractivity contribution in [2.45, 2.75) is 13.0 Å². The third-order valence-corrected chi connectivity index (χ3v) is 4.87. The van der Waals surface area contributed by atoms with E-state index < -0.39 is 0 Å². The van der Waals surface area contributed by atoms with Crippen LogP contribution in [0.4, 0.5) is 0 Å². The fourth-order valence-electron chi connectivity index (χ4n) is 3.02. The number of hydrogen-bond acceptors (Lipinski definition) is 3. The standard InChI is InChI=1S/C19H17BrN2O/c20-17-11-15-12-22(10-8-14-5-2-1-3-6-14)13-23-19(15)18-16(17)7-4-9-21-18/h1-7,9,11H,8,10,12-13H2. The largest absolute Gasteiger partial charge is 0.475 e. The Labute approximate surface area is 144 Å². The van der Waals surface area contributed by atoms with Crippen LogP contribution in [-0.4, -0.2) is 23.2 Å². The van der Waals surface area contributed by atoms with Crippen molar-refractivity contribution in [3.05, 3.63) is 70.3 Å². The lowest BCUT2D eigenvalue weighted by molar-refractivity contribution is 0.0980. The molecule has 2 aromatic carbocycles. The van der Waals surface area contributed by atoms with Crippen molar-refractivity contribution in [2.75, 3.05) is 13.3 Å². The minimum atomic E-state index is 0.618. The lowest BCUT2D eigenvalue weighted by Gasteiger charge is -2.29. The summed E-state index contributed by atoms with van der Waals surface area (Å²) in [5, 5.41) is 1.10. The van der Waals surface area contributed by atoms with Crippen LogP contribution in [0.2, 0.25) is 0 Å². The van der Waals surface area contributed by atoms with Crippen LogP contribution in [-0.2, 0) is 13.0 Å². The van der Waals surface area contributed by atoms with Crippen LogP contribution in [0, 0.1) is 0 Å². The second-order valence-corrected chi connectivity index (χ2v) is 6.66. The van der Waals surface area contributed by atoms with Gasteiger partial charge in [0.15, 0.2) is 5.75 Å². The highest BCUT2D eigenvalue weighted by molar-refractivity contribution is 9.10. The number of benzene rings is 2. The Hall–Kier alpha value is -1.91. The molecule has 1 aromatic heterocycles. The third-order valence-electron chi connectivity index (χ3n) is 4.22. The maximum atomic E-state index is 6.04. The molecule has 0 atom stereocenters. The highest BCUT2D eigenvalue weighted by atomic mass is 79.9. The molecule has 0 unspecified atom stereocenters. The first-order valence-corrected chi connectivity index (χ1v) is 8.56. The summed E-state index contributed by atoms with van der Waals surface area (Å²) in [4.78, 5) is 6.83.